The van der Waals surface area contributed by atoms with Crippen molar-refractivity contribution in [2.24, 2.45) is 10.8 Å². The molecule has 306 valence electrons. The monoisotopic (exact) mass is 795 g/mol. The highest BCUT2D eigenvalue weighted by molar-refractivity contribution is 6.10. The fraction of sp³-hybridized carbons (Fsp3) is 0.345. The highest BCUT2D eigenvalue weighted by atomic mass is 16.5. The number of benzene rings is 6. The number of ether oxygens (including phenoxy) is 4. The van der Waals surface area contributed by atoms with Crippen LogP contribution in [0.1, 0.15) is 85.9 Å². The molecule has 1 saturated carbocycles. The molecule has 0 unspecified atom stereocenters. The molecular formula is C55H57NO4. The van der Waals surface area contributed by atoms with Gasteiger partial charge in [-0.2, -0.15) is 0 Å². The summed E-state index contributed by atoms with van der Waals surface area (Å²) in [7, 11) is 3.43. The molecule has 0 aromatic heterocycles. The summed E-state index contributed by atoms with van der Waals surface area (Å²) >= 11 is 0. The van der Waals surface area contributed by atoms with Crippen molar-refractivity contribution >= 4 is 22.5 Å². The molecule has 0 atom stereocenters. The Kier molecular flexibility index (Phi) is 9.04. The van der Waals surface area contributed by atoms with Gasteiger partial charge < -0.3 is 23.8 Å². The van der Waals surface area contributed by atoms with E-state index in [-0.39, 0.29) is 16.2 Å². The van der Waals surface area contributed by atoms with E-state index in [9.17, 15) is 0 Å². The third-order valence-corrected chi connectivity index (χ3v) is 13.9. The number of methoxy groups -OCH3 is 2. The molecule has 2 aliphatic carbocycles. The van der Waals surface area contributed by atoms with Crippen molar-refractivity contribution < 1.29 is 18.9 Å². The molecule has 5 heteroatoms. The van der Waals surface area contributed by atoms with E-state index in [4.69, 9.17) is 18.9 Å². The van der Waals surface area contributed by atoms with E-state index >= 15 is 0 Å². The third-order valence-electron chi connectivity index (χ3n) is 13.9. The fourth-order valence-corrected chi connectivity index (χ4v) is 12.1. The molecular weight excluding hydrogens is 739 g/mol. The van der Waals surface area contributed by atoms with Crippen molar-refractivity contribution in [1.82, 2.24) is 0 Å². The van der Waals surface area contributed by atoms with E-state index in [2.05, 4.69) is 137 Å². The van der Waals surface area contributed by atoms with Crippen LogP contribution in [0.2, 0.25) is 0 Å². The average Bonchev–Trinajstić information content (AvgIpc) is 3.50. The average molecular weight is 796 g/mol. The zero-order chi connectivity index (χ0) is 41.6. The predicted molar refractivity (Wildman–Crippen MR) is 246 cm³/mol. The van der Waals surface area contributed by atoms with Gasteiger partial charge in [-0.25, -0.2) is 0 Å². The summed E-state index contributed by atoms with van der Waals surface area (Å²) in [4.78, 5) is 2.42. The molecule has 0 amide bonds. The van der Waals surface area contributed by atoms with Gasteiger partial charge in [-0.05, 0) is 137 Å². The quantitative estimate of drug-likeness (QED) is 0.168. The van der Waals surface area contributed by atoms with Gasteiger partial charge in [-0.1, -0.05) is 100.0 Å². The SMILES string of the molecule is COc1ccc(C2(c3ccc(OC)cc3)C=Cc3c4c(c5cc(C)c(-c6ccc(N7CCOCC7)cc6)cc5c3O2)-c2ccc(C)cc2C42CC(C)(C)CC(C)(C)C2)cc1. The molecule has 2 heterocycles. The van der Waals surface area contributed by atoms with Crippen molar-refractivity contribution in [3.8, 4) is 39.5 Å². The topological polar surface area (TPSA) is 40.2 Å². The second-order valence-corrected chi connectivity index (χ2v) is 19.5. The second-order valence-electron chi connectivity index (χ2n) is 19.5. The Bertz CT molecular complexity index is 2600. The van der Waals surface area contributed by atoms with Crippen molar-refractivity contribution in [3.05, 3.63) is 148 Å². The van der Waals surface area contributed by atoms with Crippen LogP contribution in [0, 0.1) is 24.7 Å². The first-order valence-corrected chi connectivity index (χ1v) is 21.7. The number of hydrogen-bond acceptors (Lipinski definition) is 5. The Morgan fingerprint density at radius 2 is 1.25 bits per heavy atom. The minimum atomic E-state index is -0.919. The van der Waals surface area contributed by atoms with Crippen LogP contribution in [-0.4, -0.2) is 40.5 Å². The minimum Gasteiger partial charge on any atom is -0.497 e. The lowest BCUT2D eigenvalue weighted by molar-refractivity contribution is 0.0641. The lowest BCUT2D eigenvalue weighted by atomic mass is 9.52. The van der Waals surface area contributed by atoms with Crippen LogP contribution in [0.5, 0.6) is 17.2 Å². The number of fused-ring (bicyclic) bond motifs is 10. The zero-order valence-electron chi connectivity index (χ0n) is 36.5. The molecule has 2 fully saturated rings. The summed E-state index contributed by atoms with van der Waals surface area (Å²) in [6.45, 7) is 17.9. The van der Waals surface area contributed by atoms with Crippen LogP contribution >= 0.6 is 0 Å². The highest BCUT2D eigenvalue weighted by Crippen LogP contribution is 2.67. The smallest absolute Gasteiger partial charge is 0.178 e. The van der Waals surface area contributed by atoms with E-state index in [1.807, 2.05) is 24.3 Å². The van der Waals surface area contributed by atoms with E-state index in [1.54, 1.807) is 14.2 Å². The lowest BCUT2D eigenvalue weighted by Gasteiger charge is -2.52. The Balaban J connectivity index is 1.27. The van der Waals surface area contributed by atoms with Gasteiger partial charge in [0.05, 0.1) is 27.4 Å². The first-order valence-electron chi connectivity index (χ1n) is 21.7. The Hall–Kier alpha value is -5.52. The van der Waals surface area contributed by atoms with Gasteiger partial charge in [0.1, 0.15) is 17.2 Å². The van der Waals surface area contributed by atoms with Gasteiger partial charge >= 0.3 is 0 Å². The molecule has 4 aliphatic rings. The van der Waals surface area contributed by atoms with Gasteiger partial charge in [0, 0.05) is 46.3 Å². The predicted octanol–water partition coefficient (Wildman–Crippen LogP) is 12.8. The number of rotatable bonds is 6. The van der Waals surface area contributed by atoms with Crippen LogP contribution in [0.25, 0.3) is 39.1 Å². The van der Waals surface area contributed by atoms with E-state index in [0.29, 0.717) is 0 Å². The summed E-state index contributed by atoms with van der Waals surface area (Å²) in [5.74, 6) is 2.56. The second kappa shape index (κ2) is 14.0. The van der Waals surface area contributed by atoms with E-state index < -0.39 is 5.60 Å². The van der Waals surface area contributed by atoms with Crippen molar-refractivity contribution in [1.29, 1.82) is 0 Å². The van der Waals surface area contributed by atoms with Crippen molar-refractivity contribution in [3.63, 3.8) is 0 Å². The molecule has 10 rings (SSSR count). The normalized spacial score (nSPS) is 19.0. The fourth-order valence-electron chi connectivity index (χ4n) is 12.1. The standard InChI is InChI=1S/C55H57NO4/c1-35-9-22-43-48(29-35)54(33-52(3,4)32-53(5,6)34-54)50-44-23-24-55(38-12-18-41(57-7)19-13-38,39-14-20-42(58-8)21-15-39)60-51(44)47-31-45(36(2)30-46(47)49(43)50)37-10-16-40(17-11-37)56-25-27-59-28-26-56/h9-24,29-31H,25-28,32-34H2,1-8H3. The van der Waals surface area contributed by atoms with Crippen LogP contribution < -0.4 is 19.1 Å². The van der Waals surface area contributed by atoms with E-state index in [0.717, 1.165) is 72.9 Å². The number of nitrogens with zero attached hydrogens (tertiary/aromatic N) is 1. The Morgan fingerprint density at radius 1 is 0.633 bits per heavy atom. The summed E-state index contributed by atoms with van der Waals surface area (Å²) in [6, 6.07) is 38.0. The first-order chi connectivity index (χ1) is 28.8. The van der Waals surface area contributed by atoms with Crippen molar-refractivity contribution in [2.75, 3.05) is 45.4 Å². The van der Waals surface area contributed by atoms with Crippen LogP contribution in [0.4, 0.5) is 5.69 Å². The van der Waals surface area contributed by atoms with Gasteiger partial charge in [-0.3, -0.25) is 0 Å². The van der Waals surface area contributed by atoms with Gasteiger partial charge in [-0.15, -0.1) is 0 Å². The van der Waals surface area contributed by atoms with Gasteiger partial charge in [0.25, 0.3) is 0 Å². The summed E-state index contributed by atoms with van der Waals surface area (Å²) in [5, 5.41) is 2.39. The molecule has 6 aromatic carbocycles. The van der Waals surface area contributed by atoms with Crippen molar-refractivity contribution in [2.45, 2.75) is 71.8 Å². The number of anilines is 1. The largest absolute Gasteiger partial charge is 0.497 e. The molecule has 1 spiro atoms. The zero-order valence-corrected chi connectivity index (χ0v) is 36.5. The maximum atomic E-state index is 7.88. The summed E-state index contributed by atoms with van der Waals surface area (Å²) < 4.78 is 24.8. The first kappa shape index (κ1) is 38.7. The number of aryl methyl sites for hydroxylation is 2. The molecule has 2 aliphatic heterocycles. The molecule has 0 N–H and O–H groups in total. The lowest BCUT2D eigenvalue weighted by Crippen LogP contribution is -2.44. The van der Waals surface area contributed by atoms with Crippen LogP contribution in [-0.2, 0) is 15.8 Å². The van der Waals surface area contributed by atoms with Gasteiger partial charge in [0.15, 0.2) is 5.60 Å². The van der Waals surface area contributed by atoms with Crippen LogP contribution in [0.3, 0.4) is 0 Å². The summed E-state index contributed by atoms with van der Waals surface area (Å²) in [6.07, 6.45) is 8.06. The van der Waals surface area contributed by atoms with E-state index in [1.165, 1.54) is 67.6 Å². The minimum absolute atomic E-state index is 0.133. The number of morpholine rings is 1. The molecule has 5 nitrogen and oxygen atoms in total. The molecule has 1 saturated heterocycles. The molecule has 0 radical (unpaired) electrons. The maximum absolute atomic E-state index is 7.88. The molecule has 60 heavy (non-hydrogen) atoms. The molecule has 6 aromatic rings. The maximum Gasteiger partial charge on any atom is 0.178 e. The molecule has 0 bridgehead atoms. The summed E-state index contributed by atoms with van der Waals surface area (Å²) in [5.41, 5.74) is 14.3. The Morgan fingerprint density at radius 3 is 1.85 bits per heavy atom. The third kappa shape index (κ3) is 6.14. The number of hydrogen-bond donors (Lipinski definition) is 0. The van der Waals surface area contributed by atoms with Gasteiger partial charge in [0.2, 0.25) is 0 Å². The highest BCUT2D eigenvalue weighted by Gasteiger charge is 2.55. The van der Waals surface area contributed by atoms with Crippen LogP contribution in [0.15, 0.2) is 109 Å². The Labute approximate surface area is 356 Å².